The summed E-state index contributed by atoms with van der Waals surface area (Å²) in [6.45, 7) is 0. The lowest BCUT2D eigenvalue weighted by molar-refractivity contribution is 0.530. The van der Waals surface area contributed by atoms with E-state index in [-0.39, 0.29) is 6.04 Å². The Bertz CT molecular complexity index is 464. The van der Waals surface area contributed by atoms with Gasteiger partial charge in [-0.1, -0.05) is 28.1 Å². The van der Waals surface area contributed by atoms with Crippen molar-refractivity contribution in [2.75, 3.05) is 7.05 Å². The van der Waals surface area contributed by atoms with Gasteiger partial charge in [-0.3, -0.25) is 0 Å². The number of nitrogens with one attached hydrogen (secondary N) is 1. The van der Waals surface area contributed by atoms with Gasteiger partial charge in [-0.2, -0.15) is 0 Å². The minimum Gasteiger partial charge on any atom is -0.457 e. The van der Waals surface area contributed by atoms with Gasteiger partial charge in [0.15, 0.2) is 4.67 Å². The van der Waals surface area contributed by atoms with Crippen LogP contribution in [-0.2, 0) is 0 Å². The van der Waals surface area contributed by atoms with Crippen molar-refractivity contribution in [3.8, 4) is 0 Å². The monoisotopic (exact) mass is 343 g/mol. The highest BCUT2D eigenvalue weighted by molar-refractivity contribution is 9.10. The van der Waals surface area contributed by atoms with Crippen molar-refractivity contribution < 1.29 is 4.42 Å². The second kappa shape index (κ2) is 5.17. The van der Waals surface area contributed by atoms with Gasteiger partial charge in [-0.25, -0.2) is 0 Å². The molecule has 0 saturated carbocycles. The Labute approximate surface area is 111 Å². The summed E-state index contributed by atoms with van der Waals surface area (Å²) in [7, 11) is 1.94. The molecule has 84 valence electrons. The van der Waals surface area contributed by atoms with Crippen LogP contribution in [0.3, 0.4) is 0 Å². The molecule has 0 spiro atoms. The lowest BCUT2D eigenvalue weighted by atomic mass is 10.0. The lowest BCUT2D eigenvalue weighted by Crippen LogP contribution is -2.17. The molecule has 0 aliphatic heterocycles. The predicted octanol–water partition coefficient (Wildman–Crippen LogP) is 4.11. The van der Waals surface area contributed by atoms with E-state index < -0.39 is 0 Å². The molecular weight excluding hydrogens is 334 g/mol. The first-order valence-electron chi connectivity index (χ1n) is 4.88. The molecule has 1 aromatic carbocycles. The fourth-order valence-electron chi connectivity index (χ4n) is 1.67. The third-order valence-corrected chi connectivity index (χ3v) is 3.62. The summed E-state index contributed by atoms with van der Waals surface area (Å²) >= 11 is 6.84. The molecule has 1 unspecified atom stereocenters. The molecule has 1 aromatic heterocycles. The minimum atomic E-state index is 0.140. The molecule has 16 heavy (non-hydrogen) atoms. The average molecular weight is 345 g/mol. The van der Waals surface area contributed by atoms with E-state index >= 15 is 0 Å². The van der Waals surface area contributed by atoms with Crippen LogP contribution in [0.25, 0.3) is 0 Å². The van der Waals surface area contributed by atoms with E-state index in [4.69, 9.17) is 4.42 Å². The summed E-state index contributed by atoms with van der Waals surface area (Å²) in [6.07, 6.45) is 1.68. The Balaban J connectivity index is 2.37. The number of hydrogen-bond acceptors (Lipinski definition) is 2. The second-order valence-corrected chi connectivity index (χ2v) is 5.06. The zero-order chi connectivity index (χ0) is 11.5. The molecule has 0 aliphatic carbocycles. The van der Waals surface area contributed by atoms with Crippen LogP contribution in [0.5, 0.6) is 0 Å². The molecule has 2 aromatic rings. The maximum atomic E-state index is 5.26. The Morgan fingerprint density at radius 2 is 1.81 bits per heavy atom. The van der Waals surface area contributed by atoms with Crippen molar-refractivity contribution in [3.05, 3.63) is 56.9 Å². The lowest BCUT2D eigenvalue weighted by Gasteiger charge is -2.15. The quantitative estimate of drug-likeness (QED) is 0.906. The number of furan rings is 1. The molecule has 0 amide bonds. The van der Waals surface area contributed by atoms with Crippen LogP contribution < -0.4 is 5.32 Å². The van der Waals surface area contributed by atoms with E-state index in [9.17, 15) is 0 Å². The number of rotatable bonds is 3. The maximum Gasteiger partial charge on any atom is 0.174 e. The van der Waals surface area contributed by atoms with Crippen molar-refractivity contribution in [3.63, 3.8) is 0 Å². The van der Waals surface area contributed by atoms with E-state index in [1.54, 1.807) is 6.26 Å². The van der Waals surface area contributed by atoms with Gasteiger partial charge in [-0.15, -0.1) is 0 Å². The summed E-state index contributed by atoms with van der Waals surface area (Å²) in [5, 5.41) is 3.28. The molecular formula is C12H11Br2NO. The number of halogens is 2. The van der Waals surface area contributed by atoms with E-state index in [0.29, 0.717) is 0 Å². The standard InChI is InChI=1S/C12H11Br2NO/c1-15-11(10-6-7-16-12(10)14)8-2-4-9(13)5-3-8/h2-7,11,15H,1H3. The molecule has 2 nitrogen and oxygen atoms in total. The van der Waals surface area contributed by atoms with E-state index in [0.717, 1.165) is 14.7 Å². The largest absolute Gasteiger partial charge is 0.457 e. The molecule has 0 aliphatic rings. The van der Waals surface area contributed by atoms with Gasteiger partial charge in [0.2, 0.25) is 0 Å². The average Bonchev–Trinajstić information content (AvgIpc) is 2.69. The Hall–Kier alpha value is -0.580. The van der Waals surface area contributed by atoms with Crippen LogP contribution in [0.1, 0.15) is 17.2 Å². The first-order chi connectivity index (χ1) is 7.72. The molecule has 0 radical (unpaired) electrons. The van der Waals surface area contributed by atoms with Gasteiger partial charge in [0, 0.05) is 10.0 Å². The molecule has 1 N–H and O–H groups in total. The van der Waals surface area contributed by atoms with Gasteiger partial charge < -0.3 is 9.73 Å². The van der Waals surface area contributed by atoms with Crippen LogP contribution in [0, 0.1) is 0 Å². The fourth-order valence-corrected chi connectivity index (χ4v) is 2.40. The van der Waals surface area contributed by atoms with E-state index in [2.05, 4.69) is 49.3 Å². The molecule has 1 heterocycles. The first kappa shape index (κ1) is 11.9. The summed E-state index contributed by atoms with van der Waals surface area (Å²) < 4.78 is 7.11. The summed E-state index contributed by atoms with van der Waals surface area (Å²) in [5.74, 6) is 0. The van der Waals surface area contributed by atoms with Gasteiger partial charge in [0.05, 0.1) is 12.3 Å². The second-order valence-electron chi connectivity index (χ2n) is 3.42. The van der Waals surface area contributed by atoms with E-state index in [1.807, 2.05) is 25.2 Å². The highest BCUT2D eigenvalue weighted by Crippen LogP contribution is 2.29. The van der Waals surface area contributed by atoms with Crippen LogP contribution >= 0.6 is 31.9 Å². The predicted molar refractivity (Wildman–Crippen MR) is 71.5 cm³/mol. The molecule has 0 saturated heterocycles. The van der Waals surface area contributed by atoms with Crippen LogP contribution in [-0.4, -0.2) is 7.05 Å². The Morgan fingerprint density at radius 3 is 2.31 bits per heavy atom. The minimum absolute atomic E-state index is 0.140. The van der Waals surface area contributed by atoms with Crippen molar-refractivity contribution in [1.82, 2.24) is 5.32 Å². The Kier molecular flexibility index (Phi) is 3.84. The number of benzene rings is 1. The highest BCUT2D eigenvalue weighted by Gasteiger charge is 2.16. The van der Waals surface area contributed by atoms with Crippen molar-refractivity contribution in [2.45, 2.75) is 6.04 Å². The van der Waals surface area contributed by atoms with E-state index in [1.165, 1.54) is 5.56 Å². The topological polar surface area (TPSA) is 25.2 Å². The smallest absolute Gasteiger partial charge is 0.174 e. The molecule has 0 bridgehead atoms. The summed E-state index contributed by atoms with van der Waals surface area (Å²) in [5.41, 5.74) is 2.30. The van der Waals surface area contributed by atoms with Gasteiger partial charge in [-0.05, 0) is 46.7 Å². The van der Waals surface area contributed by atoms with Gasteiger partial charge in [0.25, 0.3) is 0 Å². The van der Waals surface area contributed by atoms with Crippen molar-refractivity contribution >= 4 is 31.9 Å². The van der Waals surface area contributed by atoms with Crippen LogP contribution in [0.2, 0.25) is 0 Å². The zero-order valence-corrected chi connectivity index (χ0v) is 11.9. The third kappa shape index (κ3) is 2.39. The first-order valence-corrected chi connectivity index (χ1v) is 6.46. The van der Waals surface area contributed by atoms with Crippen LogP contribution in [0.4, 0.5) is 0 Å². The van der Waals surface area contributed by atoms with Crippen molar-refractivity contribution in [2.24, 2.45) is 0 Å². The van der Waals surface area contributed by atoms with Gasteiger partial charge >= 0.3 is 0 Å². The highest BCUT2D eigenvalue weighted by atomic mass is 79.9. The normalized spacial score (nSPS) is 12.7. The third-order valence-electron chi connectivity index (χ3n) is 2.45. The fraction of sp³-hybridized carbons (Fsp3) is 0.167. The maximum absolute atomic E-state index is 5.26. The number of hydrogen-bond donors (Lipinski definition) is 1. The SMILES string of the molecule is CNC(c1ccc(Br)cc1)c1ccoc1Br. The Morgan fingerprint density at radius 1 is 1.12 bits per heavy atom. The van der Waals surface area contributed by atoms with Gasteiger partial charge in [0.1, 0.15) is 0 Å². The molecule has 0 fully saturated rings. The zero-order valence-electron chi connectivity index (χ0n) is 8.71. The molecule has 1 atom stereocenters. The summed E-state index contributed by atoms with van der Waals surface area (Å²) in [6, 6.07) is 10.4. The van der Waals surface area contributed by atoms with Crippen molar-refractivity contribution in [1.29, 1.82) is 0 Å². The molecule has 4 heteroatoms. The van der Waals surface area contributed by atoms with Crippen LogP contribution in [0.15, 0.2) is 50.2 Å². The molecule has 2 rings (SSSR count). The summed E-state index contributed by atoms with van der Waals surface area (Å²) in [4.78, 5) is 0.